The number of hydrogen-bond donors (Lipinski definition) is 1. The van der Waals surface area contributed by atoms with Crippen molar-refractivity contribution in [2.45, 2.75) is 19.4 Å². The largest absolute Gasteiger partial charge is 0.369 e. The Morgan fingerprint density at radius 1 is 1.27 bits per heavy atom. The number of aromatic nitrogens is 1. The number of hydrogen-bond acceptors (Lipinski definition) is 5. The first kappa shape index (κ1) is 20.4. The molecule has 1 atom stereocenters. The highest BCUT2D eigenvalue weighted by atomic mass is 32.2. The summed E-state index contributed by atoms with van der Waals surface area (Å²) in [6.07, 6.45) is 0. The highest BCUT2D eigenvalue weighted by molar-refractivity contribution is 7.97. The molecule has 1 fully saturated rings. The standard InChI is InChI=1S/C22H23FN4O2S/c1-15(17-7-8-19(20(23)11-17)16-5-3-2-4-6-16)21-12-18(26-29-21)13-25-22(24)27-9-10-28-14-30-27/h2-8,11-12,15H,9-10,13-14H2,1H3,(H2,24,25). The van der Waals surface area contributed by atoms with E-state index < -0.39 is 0 Å². The van der Waals surface area contributed by atoms with Crippen LogP contribution in [0.1, 0.15) is 29.9 Å². The van der Waals surface area contributed by atoms with E-state index in [0.29, 0.717) is 48.6 Å². The van der Waals surface area contributed by atoms with Gasteiger partial charge in [0.2, 0.25) is 5.96 Å². The summed E-state index contributed by atoms with van der Waals surface area (Å²) in [5.74, 6) is 1.28. The fourth-order valence-corrected chi connectivity index (χ4v) is 3.93. The van der Waals surface area contributed by atoms with Gasteiger partial charge in [-0.2, -0.15) is 0 Å². The summed E-state index contributed by atoms with van der Waals surface area (Å²) in [6.45, 7) is 3.62. The van der Waals surface area contributed by atoms with Crippen LogP contribution in [0, 0.1) is 5.82 Å². The summed E-state index contributed by atoms with van der Waals surface area (Å²) in [7, 11) is 0. The minimum Gasteiger partial charge on any atom is -0.369 e. The molecule has 0 radical (unpaired) electrons. The van der Waals surface area contributed by atoms with Gasteiger partial charge in [-0.1, -0.05) is 54.5 Å². The molecule has 0 bridgehead atoms. The van der Waals surface area contributed by atoms with E-state index in [9.17, 15) is 4.39 Å². The maximum atomic E-state index is 14.7. The number of aliphatic imine (C=N–C) groups is 1. The van der Waals surface area contributed by atoms with Gasteiger partial charge in [-0.15, -0.1) is 0 Å². The summed E-state index contributed by atoms with van der Waals surface area (Å²) < 4.78 is 27.4. The van der Waals surface area contributed by atoms with Crippen LogP contribution in [0.25, 0.3) is 11.1 Å². The number of nitrogens with zero attached hydrogens (tertiary/aromatic N) is 3. The van der Waals surface area contributed by atoms with Crippen LogP contribution in [0.5, 0.6) is 0 Å². The molecule has 0 saturated carbocycles. The zero-order valence-electron chi connectivity index (χ0n) is 16.6. The predicted molar refractivity (Wildman–Crippen MR) is 116 cm³/mol. The van der Waals surface area contributed by atoms with Gasteiger partial charge in [0.25, 0.3) is 0 Å². The quantitative estimate of drug-likeness (QED) is 0.371. The molecule has 6 nitrogen and oxygen atoms in total. The highest BCUT2D eigenvalue weighted by Gasteiger charge is 2.17. The summed E-state index contributed by atoms with van der Waals surface area (Å²) in [4.78, 5) is 4.38. The molecule has 1 saturated heterocycles. The van der Waals surface area contributed by atoms with Crippen molar-refractivity contribution in [2.75, 3.05) is 19.1 Å². The first-order valence-electron chi connectivity index (χ1n) is 9.70. The van der Waals surface area contributed by atoms with Crippen molar-refractivity contribution in [3.63, 3.8) is 0 Å². The van der Waals surface area contributed by atoms with Gasteiger partial charge in [0.1, 0.15) is 23.2 Å². The van der Waals surface area contributed by atoms with Crippen LogP contribution in [0.15, 0.2) is 64.1 Å². The normalized spacial score (nSPS) is 15.9. The molecule has 2 N–H and O–H groups in total. The Balaban J connectivity index is 1.45. The molecule has 156 valence electrons. The predicted octanol–water partition coefficient (Wildman–Crippen LogP) is 4.39. The molecule has 2 heterocycles. The molecule has 2 aromatic carbocycles. The van der Waals surface area contributed by atoms with E-state index in [0.717, 1.165) is 11.1 Å². The molecule has 30 heavy (non-hydrogen) atoms. The SMILES string of the molecule is CC(c1ccc(-c2ccccc2)c(F)c1)c1cc(CN=C(N)N2CCOCS2)no1. The summed E-state index contributed by atoms with van der Waals surface area (Å²) in [5.41, 5.74) is 8.97. The third-order valence-corrected chi connectivity index (χ3v) is 5.92. The summed E-state index contributed by atoms with van der Waals surface area (Å²) in [5, 5.41) is 4.09. The Labute approximate surface area is 179 Å². The van der Waals surface area contributed by atoms with Gasteiger partial charge >= 0.3 is 0 Å². The minimum atomic E-state index is -0.259. The molecule has 3 aromatic rings. The minimum absolute atomic E-state index is 0.137. The number of guanidine groups is 1. The van der Waals surface area contributed by atoms with Gasteiger partial charge in [-0.3, -0.25) is 4.31 Å². The van der Waals surface area contributed by atoms with E-state index in [1.54, 1.807) is 12.1 Å². The Bertz CT molecular complexity index is 1020. The van der Waals surface area contributed by atoms with Gasteiger partial charge < -0.3 is 15.0 Å². The van der Waals surface area contributed by atoms with E-state index in [-0.39, 0.29) is 11.7 Å². The van der Waals surface area contributed by atoms with Crippen molar-refractivity contribution >= 4 is 17.9 Å². The molecule has 0 amide bonds. The van der Waals surface area contributed by atoms with Crippen molar-refractivity contribution < 1.29 is 13.7 Å². The lowest BCUT2D eigenvalue weighted by Crippen LogP contribution is -2.37. The van der Waals surface area contributed by atoms with Crippen LogP contribution < -0.4 is 5.73 Å². The number of nitrogens with two attached hydrogens (primary N) is 1. The lowest BCUT2D eigenvalue weighted by Gasteiger charge is -2.25. The van der Waals surface area contributed by atoms with Crippen LogP contribution in [-0.2, 0) is 11.3 Å². The molecule has 1 unspecified atom stereocenters. The smallest absolute Gasteiger partial charge is 0.202 e. The molecule has 0 aliphatic carbocycles. The van der Waals surface area contributed by atoms with Crippen LogP contribution in [-0.4, -0.2) is 34.5 Å². The van der Waals surface area contributed by atoms with E-state index in [1.165, 1.54) is 11.9 Å². The molecule has 1 aromatic heterocycles. The topological polar surface area (TPSA) is 76.9 Å². The first-order chi connectivity index (χ1) is 14.6. The number of benzene rings is 2. The molecular weight excluding hydrogens is 403 g/mol. The van der Waals surface area contributed by atoms with Gasteiger partial charge in [-0.25, -0.2) is 9.38 Å². The van der Waals surface area contributed by atoms with Gasteiger partial charge in [0.15, 0.2) is 0 Å². The molecular formula is C22H23FN4O2S. The first-order valence-corrected chi connectivity index (χ1v) is 10.6. The molecule has 8 heteroatoms. The fraction of sp³-hybridized carbons (Fsp3) is 0.273. The lowest BCUT2D eigenvalue weighted by atomic mass is 9.95. The van der Waals surface area contributed by atoms with Gasteiger partial charge in [-0.05, 0) is 29.1 Å². The van der Waals surface area contributed by atoms with Crippen molar-refractivity contribution in [1.29, 1.82) is 0 Å². The number of halogens is 1. The van der Waals surface area contributed by atoms with Crippen molar-refractivity contribution in [1.82, 2.24) is 9.46 Å². The molecule has 1 aliphatic heterocycles. The average molecular weight is 427 g/mol. The van der Waals surface area contributed by atoms with Crippen LogP contribution in [0.3, 0.4) is 0 Å². The van der Waals surface area contributed by atoms with E-state index in [4.69, 9.17) is 15.0 Å². The second kappa shape index (κ2) is 9.32. The van der Waals surface area contributed by atoms with Crippen molar-refractivity contribution in [2.24, 2.45) is 10.7 Å². The van der Waals surface area contributed by atoms with Crippen molar-refractivity contribution in [3.05, 3.63) is 77.4 Å². The molecule has 0 spiro atoms. The zero-order chi connectivity index (χ0) is 20.9. The summed E-state index contributed by atoms with van der Waals surface area (Å²) in [6, 6.07) is 16.6. The average Bonchev–Trinajstić information content (AvgIpc) is 3.27. The maximum Gasteiger partial charge on any atom is 0.202 e. The van der Waals surface area contributed by atoms with Crippen LogP contribution >= 0.6 is 11.9 Å². The zero-order valence-corrected chi connectivity index (χ0v) is 17.4. The third-order valence-electron chi connectivity index (χ3n) is 4.97. The van der Waals surface area contributed by atoms with Crippen LogP contribution in [0.2, 0.25) is 0 Å². The second-order valence-corrected chi connectivity index (χ2v) is 7.91. The lowest BCUT2D eigenvalue weighted by molar-refractivity contribution is 0.162. The maximum absolute atomic E-state index is 14.7. The molecule has 1 aliphatic rings. The highest BCUT2D eigenvalue weighted by Crippen LogP contribution is 2.30. The monoisotopic (exact) mass is 426 g/mol. The van der Waals surface area contributed by atoms with Gasteiger partial charge in [0.05, 0.1) is 19.7 Å². The fourth-order valence-electron chi connectivity index (χ4n) is 3.22. The molecule has 4 rings (SSSR count). The second-order valence-electron chi connectivity index (χ2n) is 6.98. The Morgan fingerprint density at radius 3 is 2.83 bits per heavy atom. The van der Waals surface area contributed by atoms with Crippen LogP contribution in [0.4, 0.5) is 4.39 Å². The summed E-state index contributed by atoms with van der Waals surface area (Å²) >= 11 is 1.49. The Morgan fingerprint density at radius 2 is 2.10 bits per heavy atom. The number of ether oxygens (including phenoxy) is 1. The number of rotatable bonds is 5. The van der Waals surface area contributed by atoms with E-state index in [1.807, 2.05) is 53.7 Å². The van der Waals surface area contributed by atoms with E-state index >= 15 is 0 Å². The third kappa shape index (κ3) is 4.66. The van der Waals surface area contributed by atoms with Crippen molar-refractivity contribution in [3.8, 4) is 11.1 Å². The van der Waals surface area contributed by atoms with Gasteiger partial charge in [0, 0.05) is 17.5 Å². The Kier molecular flexibility index (Phi) is 6.35. The van der Waals surface area contributed by atoms with E-state index in [2.05, 4.69) is 10.1 Å². The Hall–Kier alpha value is -2.84.